The molecule has 0 radical (unpaired) electrons. The third kappa shape index (κ3) is 6.87. The van der Waals surface area contributed by atoms with Crippen molar-refractivity contribution in [3.05, 3.63) is 57.7 Å². The Bertz CT molecular complexity index is 846. The predicted octanol–water partition coefficient (Wildman–Crippen LogP) is 4.66. The van der Waals surface area contributed by atoms with E-state index in [0.29, 0.717) is 16.6 Å². The number of halogens is 3. The number of aromatic nitrogens is 1. The minimum atomic E-state index is -0.0230. The zero-order chi connectivity index (χ0) is 20.6. The fourth-order valence-corrected chi connectivity index (χ4v) is 3.81. The molecule has 1 atom stereocenters. The molecule has 1 aliphatic rings. The van der Waals surface area contributed by atoms with E-state index in [0.717, 1.165) is 55.8 Å². The van der Waals surface area contributed by atoms with Crippen molar-refractivity contribution in [2.45, 2.75) is 26.4 Å². The molecule has 0 bridgehead atoms. The first-order valence-corrected chi connectivity index (χ1v) is 10.6. The molecule has 1 fully saturated rings. The third-order valence-electron chi connectivity index (χ3n) is 4.71. The topological polar surface area (TPSA) is 61.8 Å². The van der Waals surface area contributed by atoms with Crippen LogP contribution in [0.2, 0.25) is 10.0 Å². The summed E-state index contributed by atoms with van der Waals surface area (Å²) in [7, 11) is 0. The van der Waals surface area contributed by atoms with Crippen molar-refractivity contribution >= 4 is 59.0 Å². The van der Waals surface area contributed by atoms with Crippen LogP contribution in [0.1, 0.15) is 31.0 Å². The van der Waals surface area contributed by atoms with Gasteiger partial charge >= 0.3 is 0 Å². The first kappa shape index (κ1) is 25.0. The number of hydrogen-bond acceptors (Lipinski definition) is 4. The molecule has 1 aliphatic heterocycles. The molecule has 1 aromatic carbocycles. The minimum absolute atomic E-state index is 0. The predicted molar refractivity (Wildman–Crippen MR) is 136 cm³/mol. The minimum Gasteiger partial charge on any atom is -0.378 e. The molecule has 0 aliphatic carbocycles. The van der Waals surface area contributed by atoms with Crippen LogP contribution in [0.4, 0.5) is 5.82 Å². The lowest BCUT2D eigenvalue weighted by molar-refractivity contribution is 0.122. The van der Waals surface area contributed by atoms with E-state index in [1.807, 2.05) is 38.2 Å². The molecule has 164 valence electrons. The van der Waals surface area contributed by atoms with Gasteiger partial charge in [-0.05, 0) is 37.6 Å². The summed E-state index contributed by atoms with van der Waals surface area (Å²) in [5, 5.41) is 7.98. The number of nitrogens with zero attached hydrogens (tertiary/aromatic N) is 3. The highest BCUT2D eigenvalue weighted by atomic mass is 127. The summed E-state index contributed by atoms with van der Waals surface area (Å²) in [5.41, 5.74) is 2.06. The van der Waals surface area contributed by atoms with Crippen LogP contribution in [-0.4, -0.2) is 43.8 Å². The lowest BCUT2D eigenvalue weighted by atomic mass is 10.1. The molecule has 2 heterocycles. The fraction of sp³-hybridized carbons (Fsp3) is 0.429. The van der Waals surface area contributed by atoms with E-state index in [4.69, 9.17) is 32.9 Å². The fourth-order valence-electron chi connectivity index (χ4n) is 3.23. The van der Waals surface area contributed by atoms with Crippen LogP contribution in [-0.2, 0) is 11.3 Å². The molecule has 2 aromatic rings. The molecule has 30 heavy (non-hydrogen) atoms. The molecular weight excluding hydrogens is 536 g/mol. The van der Waals surface area contributed by atoms with Crippen molar-refractivity contribution in [3.63, 3.8) is 0 Å². The normalized spacial score (nSPS) is 15.3. The lowest BCUT2D eigenvalue weighted by Gasteiger charge is -2.29. The standard InChI is InChI=1S/C21H27Cl2N5O.HI/c1-3-24-21(27-15(2)18-7-6-17(22)13-19(18)23)26-14-16-5-4-8-25-20(16)28-9-11-29-12-10-28;/h4-8,13,15H,3,9-12,14H2,1-2H3,(H2,24,26,27);1H. The van der Waals surface area contributed by atoms with E-state index in [-0.39, 0.29) is 30.0 Å². The number of morpholine rings is 1. The molecule has 2 N–H and O–H groups in total. The van der Waals surface area contributed by atoms with Gasteiger partial charge in [0.2, 0.25) is 0 Å². The number of ether oxygens (including phenoxy) is 1. The molecule has 1 saturated heterocycles. The van der Waals surface area contributed by atoms with E-state index in [1.165, 1.54) is 0 Å². The number of hydrogen-bond donors (Lipinski definition) is 2. The average molecular weight is 564 g/mol. The largest absolute Gasteiger partial charge is 0.378 e. The Labute approximate surface area is 205 Å². The number of benzene rings is 1. The molecular formula is C21H28Cl2IN5O. The SMILES string of the molecule is CCNC(=NCc1cccnc1N1CCOCC1)NC(C)c1ccc(Cl)cc1Cl.I. The second kappa shape index (κ2) is 12.5. The molecule has 0 amide bonds. The summed E-state index contributed by atoms with van der Waals surface area (Å²) >= 11 is 12.4. The summed E-state index contributed by atoms with van der Waals surface area (Å²) in [4.78, 5) is 11.6. The van der Waals surface area contributed by atoms with Crippen LogP contribution >= 0.6 is 47.2 Å². The van der Waals surface area contributed by atoms with Crippen molar-refractivity contribution in [2.75, 3.05) is 37.7 Å². The maximum atomic E-state index is 6.36. The van der Waals surface area contributed by atoms with Gasteiger partial charge in [-0.1, -0.05) is 35.3 Å². The van der Waals surface area contributed by atoms with Crippen LogP contribution in [0.25, 0.3) is 0 Å². The zero-order valence-corrected chi connectivity index (χ0v) is 21.0. The van der Waals surface area contributed by atoms with Gasteiger partial charge in [0.25, 0.3) is 0 Å². The molecule has 1 unspecified atom stereocenters. The van der Waals surface area contributed by atoms with Gasteiger partial charge in [-0.2, -0.15) is 0 Å². The van der Waals surface area contributed by atoms with Crippen LogP contribution in [0.15, 0.2) is 41.5 Å². The third-order valence-corrected chi connectivity index (χ3v) is 5.27. The molecule has 0 saturated carbocycles. The smallest absolute Gasteiger partial charge is 0.192 e. The van der Waals surface area contributed by atoms with E-state index >= 15 is 0 Å². The van der Waals surface area contributed by atoms with Crippen molar-refractivity contribution in [1.29, 1.82) is 0 Å². The molecule has 6 nitrogen and oxygen atoms in total. The number of pyridine rings is 1. The lowest BCUT2D eigenvalue weighted by Crippen LogP contribution is -2.39. The Hall–Kier alpha value is -1.29. The Morgan fingerprint density at radius 1 is 1.27 bits per heavy atom. The Morgan fingerprint density at radius 2 is 2.03 bits per heavy atom. The summed E-state index contributed by atoms with van der Waals surface area (Å²) in [6.45, 7) is 8.51. The van der Waals surface area contributed by atoms with Crippen molar-refractivity contribution in [2.24, 2.45) is 4.99 Å². The van der Waals surface area contributed by atoms with Crippen LogP contribution in [0.5, 0.6) is 0 Å². The van der Waals surface area contributed by atoms with Crippen molar-refractivity contribution < 1.29 is 4.74 Å². The molecule has 1 aromatic heterocycles. The quantitative estimate of drug-likeness (QED) is 0.304. The van der Waals surface area contributed by atoms with Crippen molar-refractivity contribution in [3.8, 4) is 0 Å². The number of anilines is 1. The summed E-state index contributed by atoms with van der Waals surface area (Å²) in [6, 6.07) is 9.53. The molecule has 9 heteroatoms. The monoisotopic (exact) mass is 563 g/mol. The van der Waals surface area contributed by atoms with E-state index in [2.05, 4.69) is 26.6 Å². The number of aliphatic imine (C=N–C) groups is 1. The highest BCUT2D eigenvalue weighted by molar-refractivity contribution is 14.0. The highest BCUT2D eigenvalue weighted by Gasteiger charge is 2.16. The van der Waals surface area contributed by atoms with E-state index in [1.54, 1.807) is 6.07 Å². The van der Waals surface area contributed by atoms with Crippen LogP contribution in [0.3, 0.4) is 0 Å². The van der Waals surface area contributed by atoms with Gasteiger partial charge in [-0.25, -0.2) is 9.98 Å². The van der Waals surface area contributed by atoms with Gasteiger partial charge in [-0.3, -0.25) is 0 Å². The second-order valence-corrected chi connectivity index (χ2v) is 7.66. The van der Waals surface area contributed by atoms with Gasteiger partial charge in [-0.15, -0.1) is 24.0 Å². The Kier molecular flexibility index (Phi) is 10.4. The van der Waals surface area contributed by atoms with Crippen molar-refractivity contribution in [1.82, 2.24) is 15.6 Å². The first-order valence-electron chi connectivity index (χ1n) is 9.85. The maximum absolute atomic E-state index is 6.36. The number of rotatable bonds is 6. The van der Waals surface area contributed by atoms with Gasteiger partial charge in [0.05, 0.1) is 25.8 Å². The molecule has 0 spiro atoms. The van der Waals surface area contributed by atoms with E-state index < -0.39 is 0 Å². The average Bonchev–Trinajstić information content (AvgIpc) is 2.73. The zero-order valence-electron chi connectivity index (χ0n) is 17.2. The number of guanidine groups is 1. The van der Waals surface area contributed by atoms with Crippen LogP contribution < -0.4 is 15.5 Å². The summed E-state index contributed by atoms with van der Waals surface area (Å²) < 4.78 is 5.46. The Balaban J connectivity index is 0.00000320. The van der Waals surface area contributed by atoms with Gasteiger partial charge in [0.15, 0.2) is 5.96 Å². The number of nitrogens with one attached hydrogen (secondary N) is 2. The summed E-state index contributed by atoms with van der Waals surface area (Å²) in [5.74, 6) is 1.70. The second-order valence-electron chi connectivity index (χ2n) is 6.81. The van der Waals surface area contributed by atoms with Gasteiger partial charge in [0, 0.05) is 41.4 Å². The van der Waals surface area contributed by atoms with Gasteiger partial charge < -0.3 is 20.3 Å². The maximum Gasteiger partial charge on any atom is 0.192 e. The Morgan fingerprint density at radius 3 is 2.73 bits per heavy atom. The van der Waals surface area contributed by atoms with E-state index in [9.17, 15) is 0 Å². The van der Waals surface area contributed by atoms with Crippen LogP contribution in [0, 0.1) is 0 Å². The molecule has 3 rings (SSSR count). The summed E-state index contributed by atoms with van der Waals surface area (Å²) in [6.07, 6.45) is 1.83. The first-order chi connectivity index (χ1) is 14.1. The highest BCUT2D eigenvalue weighted by Crippen LogP contribution is 2.26. The van der Waals surface area contributed by atoms with Gasteiger partial charge in [0.1, 0.15) is 5.82 Å².